The number of carbonyl (C=O) groups is 3. The van der Waals surface area contributed by atoms with Crippen LogP contribution in [-0.2, 0) is 16.1 Å². The lowest BCUT2D eigenvalue weighted by Gasteiger charge is -2.32. The van der Waals surface area contributed by atoms with E-state index < -0.39 is 0 Å². The third-order valence-electron chi connectivity index (χ3n) is 5.36. The Balaban J connectivity index is 1.41. The summed E-state index contributed by atoms with van der Waals surface area (Å²) in [5.41, 5.74) is 3.12. The number of pyridine rings is 1. The first-order valence-corrected chi connectivity index (χ1v) is 9.79. The van der Waals surface area contributed by atoms with E-state index >= 15 is 0 Å². The van der Waals surface area contributed by atoms with Crippen LogP contribution >= 0.6 is 0 Å². The van der Waals surface area contributed by atoms with Gasteiger partial charge < -0.3 is 4.74 Å². The number of fused-ring (bicyclic) bond motifs is 1. The van der Waals surface area contributed by atoms with Gasteiger partial charge in [0.15, 0.2) is 0 Å². The van der Waals surface area contributed by atoms with Gasteiger partial charge in [0.05, 0.1) is 37.4 Å². The average molecular weight is 418 g/mol. The van der Waals surface area contributed by atoms with Gasteiger partial charge in [-0.3, -0.25) is 19.4 Å². The summed E-state index contributed by atoms with van der Waals surface area (Å²) in [6.45, 7) is 0.154. The molecule has 0 bridgehead atoms. The highest BCUT2D eigenvalue weighted by atomic mass is 16.5. The Morgan fingerprint density at radius 2 is 1.81 bits per heavy atom. The van der Waals surface area contributed by atoms with Crippen molar-refractivity contribution < 1.29 is 19.1 Å². The summed E-state index contributed by atoms with van der Waals surface area (Å²) in [6.07, 6.45) is 4.39. The topological polar surface area (TPSA) is 111 Å². The number of benzene rings is 1. The molecule has 0 saturated carbocycles. The molecule has 4 heterocycles. The van der Waals surface area contributed by atoms with Gasteiger partial charge in [-0.05, 0) is 42.3 Å². The summed E-state index contributed by atoms with van der Waals surface area (Å²) in [5.74, 6) is -0.391. The fourth-order valence-electron chi connectivity index (χ4n) is 3.77. The third kappa shape index (κ3) is 3.21. The second-order valence-electron chi connectivity index (χ2n) is 7.29. The van der Waals surface area contributed by atoms with E-state index in [2.05, 4.69) is 15.3 Å². The van der Waals surface area contributed by atoms with Gasteiger partial charge >= 0.3 is 0 Å². The Morgan fingerprint density at radius 3 is 2.52 bits per heavy atom. The van der Waals surface area contributed by atoms with Crippen molar-refractivity contribution in [1.29, 1.82) is 0 Å². The number of ether oxygens (including phenoxy) is 1. The zero-order valence-electron chi connectivity index (χ0n) is 16.7. The van der Waals surface area contributed by atoms with Gasteiger partial charge in [-0.2, -0.15) is 5.01 Å². The molecule has 2 aromatic heterocycles. The number of hydrazine groups is 1. The Hall–Kier alpha value is -4.08. The molecule has 1 aromatic carbocycles. The molecule has 10 heteroatoms. The van der Waals surface area contributed by atoms with E-state index in [9.17, 15) is 14.4 Å². The minimum atomic E-state index is -0.355. The summed E-state index contributed by atoms with van der Waals surface area (Å²) in [4.78, 5) is 41.6. The number of nitrogens with zero attached hydrogens (tertiary/aromatic N) is 6. The second-order valence-corrected chi connectivity index (χ2v) is 7.29. The van der Waals surface area contributed by atoms with E-state index in [0.717, 1.165) is 5.01 Å². The summed E-state index contributed by atoms with van der Waals surface area (Å²) in [7, 11) is 1.57. The minimum Gasteiger partial charge on any atom is -0.495 e. The van der Waals surface area contributed by atoms with Crippen LogP contribution in [0.25, 0.3) is 17.1 Å². The predicted molar refractivity (Wildman–Crippen MR) is 107 cm³/mol. The molecule has 2 aliphatic heterocycles. The van der Waals surface area contributed by atoms with E-state index in [1.54, 1.807) is 48.5 Å². The molecule has 1 fully saturated rings. The zero-order valence-corrected chi connectivity index (χ0v) is 16.7. The maximum Gasteiger partial charge on any atom is 0.273 e. The molecule has 3 aromatic rings. The van der Waals surface area contributed by atoms with Crippen LogP contribution in [0.3, 0.4) is 0 Å². The highest BCUT2D eigenvalue weighted by molar-refractivity contribution is 6.04. The van der Waals surface area contributed by atoms with Crippen LogP contribution in [-0.4, -0.2) is 54.8 Å². The van der Waals surface area contributed by atoms with E-state index in [1.807, 2.05) is 6.07 Å². The first-order chi connectivity index (χ1) is 15.0. The van der Waals surface area contributed by atoms with Gasteiger partial charge in [0.25, 0.3) is 5.91 Å². The fourth-order valence-corrected chi connectivity index (χ4v) is 3.77. The van der Waals surface area contributed by atoms with Crippen LogP contribution in [0.2, 0.25) is 0 Å². The number of methoxy groups -OCH3 is 1. The second kappa shape index (κ2) is 7.31. The number of piperidine rings is 1. The van der Waals surface area contributed by atoms with E-state index in [0.29, 0.717) is 40.4 Å². The predicted octanol–water partition coefficient (Wildman–Crippen LogP) is 1.75. The molecule has 2 aliphatic rings. The van der Waals surface area contributed by atoms with E-state index in [1.165, 1.54) is 5.01 Å². The lowest BCUT2D eigenvalue weighted by atomic mass is 10.1. The average Bonchev–Trinajstić information content (AvgIpc) is 3.39. The quantitative estimate of drug-likeness (QED) is 0.594. The Bertz CT molecular complexity index is 1190. The lowest BCUT2D eigenvalue weighted by Crippen LogP contribution is -2.51. The zero-order chi connectivity index (χ0) is 21.5. The molecule has 156 valence electrons. The number of aromatic nitrogens is 4. The van der Waals surface area contributed by atoms with Gasteiger partial charge in [0, 0.05) is 18.4 Å². The Labute approximate surface area is 177 Å². The molecule has 0 unspecified atom stereocenters. The van der Waals surface area contributed by atoms with Crippen LogP contribution in [0.1, 0.15) is 35.2 Å². The van der Waals surface area contributed by atoms with Gasteiger partial charge in [-0.1, -0.05) is 5.21 Å². The smallest absolute Gasteiger partial charge is 0.273 e. The monoisotopic (exact) mass is 418 g/mol. The van der Waals surface area contributed by atoms with Crippen molar-refractivity contribution in [3.63, 3.8) is 0 Å². The summed E-state index contributed by atoms with van der Waals surface area (Å²) < 4.78 is 6.70. The maximum atomic E-state index is 12.8. The lowest BCUT2D eigenvalue weighted by molar-refractivity contribution is -0.163. The molecule has 5 rings (SSSR count). The first-order valence-electron chi connectivity index (χ1n) is 9.79. The van der Waals surface area contributed by atoms with Crippen molar-refractivity contribution in [2.75, 3.05) is 7.11 Å². The van der Waals surface area contributed by atoms with Crippen LogP contribution in [0.4, 0.5) is 0 Å². The highest BCUT2D eigenvalue weighted by Gasteiger charge is 2.39. The number of imide groups is 1. The Morgan fingerprint density at radius 1 is 1.00 bits per heavy atom. The molecule has 31 heavy (non-hydrogen) atoms. The molecule has 0 aliphatic carbocycles. The standard InChI is InChI=1S/C21H18N6O4/c1-31-15-6-8-17(22-10-15)18-12-25(24-23-18)14-5-7-16-13(9-14)11-26(21(16)30)27-19(28)3-2-4-20(27)29/h5-10,12H,2-4,11H2,1H3. The van der Waals surface area contributed by atoms with E-state index in [4.69, 9.17) is 4.74 Å². The first kappa shape index (κ1) is 18.9. The number of carbonyl (C=O) groups excluding carboxylic acids is 3. The SMILES string of the molecule is COc1ccc(-c2cn(-c3ccc4c(c3)CN(N3C(=O)CCCC3=O)C4=O)nn2)nc1. The van der Waals surface area contributed by atoms with Crippen molar-refractivity contribution in [3.8, 4) is 22.8 Å². The van der Waals surface area contributed by atoms with Gasteiger partial charge in [0.1, 0.15) is 11.4 Å². The van der Waals surface area contributed by atoms with Gasteiger partial charge in [0.2, 0.25) is 11.8 Å². The van der Waals surface area contributed by atoms with Crippen molar-refractivity contribution in [2.24, 2.45) is 0 Å². The summed E-state index contributed by atoms with van der Waals surface area (Å²) >= 11 is 0. The van der Waals surface area contributed by atoms with Crippen LogP contribution in [0.5, 0.6) is 5.75 Å². The normalized spacial score (nSPS) is 16.1. The number of amides is 3. The van der Waals surface area contributed by atoms with E-state index in [-0.39, 0.29) is 37.1 Å². The highest BCUT2D eigenvalue weighted by Crippen LogP contribution is 2.29. The molecule has 0 spiro atoms. The molecular weight excluding hydrogens is 400 g/mol. The molecular formula is C21H18N6O4. The number of hydrogen-bond acceptors (Lipinski definition) is 7. The van der Waals surface area contributed by atoms with Gasteiger partial charge in [-0.15, -0.1) is 5.10 Å². The summed E-state index contributed by atoms with van der Waals surface area (Å²) in [6, 6.07) is 8.82. The molecule has 3 amide bonds. The van der Waals surface area contributed by atoms with Gasteiger partial charge in [-0.25, -0.2) is 9.69 Å². The molecule has 1 saturated heterocycles. The van der Waals surface area contributed by atoms with Crippen LogP contribution in [0, 0.1) is 0 Å². The maximum absolute atomic E-state index is 12.8. The largest absolute Gasteiger partial charge is 0.495 e. The van der Waals surface area contributed by atoms with Crippen LogP contribution < -0.4 is 4.74 Å². The molecule has 0 N–H and O–H groups in total. The van der Waals surface area contributed by atoms with Crippen molar-refractivity contribution in [3.05, 3.63) is 53.9 Å². The molecule has 0 radical (unpaired) electrons. The van der Waals surface area contributed by atoms with Crippen molar-refractivity contribution in [1.82, 2.24) is 30.0 Å². The minimum absolute atomic E-state index is 0.154. The fraction of sp³-hybridized carbons (Fsp3) is 0.238. The third-order valence-corrected chi connectivity index (χ3v) is 5.36. The molecule has 0 atom stereocenters. The molecule has 10 nitrogen and oxygen atoms in total. The number of hydrogen-bond donors (Lipinski definition) is 0. The van der Waals surface area contributed by atoms with Crippen molar-refractivity contribution in [2.45, 2.75) is 25.8 Å². The summed E-state index contributed by atoms with van der Waals surface area (Å²) in [5, 5.41) is 10.6. The van der Waals surface area contributed by atoms with Crippen molar-refractivity contribution >= 4 is 17.7 Å². The Kier molecular flexibility index (Phi) is 4.46. The number of rotatable bonds is 4. The van der Waals surface area contributed by atoms with Crippen LogP contribution in [0.15, 0.2) is 42.7 Å².